The Morgan fingerprint density at radius 3 is 1.90 bits per heavy atom. The lowest BCUT2D eigenvalue weighted by Gasteiger charge is -2.00. The van der Waals surface area contributed by atoms with Gasteiger partial charge in [-0.15, -0.1) is 69.3 Å². The molecule has 0 aromatic carbocycles. The van der Waals surface area contributed by atoms with Crippen LogP contribution in [0.25, 0.3) is 19.5 Å². The van der Waals surface area contributed by atoms with Crippen LogP contribution in [-0.4, -0.2) is 18.8 Å². The number of hydrogen-bond donors (Lipinski definition) is 0. The molecule has 0 saturated heterocycles. The molecule has 3 rings (SSSR count). The van der Waals surface area contributed by atoms with E-state index in [-0.39, 0.29) is 0 Å². The molecule has 21 heavy (non-hydrogen) atoms. The van der Waals surface area contributed by atoms with Crippen LogP contribution in [0.4, 0.5) is 0 Å². The van der Waals surface area contributed by atoms with Gasteiger partial charge in [0.25, 0.3) is 0 Å². The van der Waals surface area contributed by atoms with Gasteiger partial charge in [-0.1, -0.05) is 0 Å². The average Bonchev–Trinajstić information content (AvgIpc) is 3.23. The molecule has 0 nitrogen and oxygen atoms in total. The summed E-state index contributed by atoms with van der Waals surface area (Å²) in [5.74, 6) is 0. The van der Waals surface area contributed by atoms with Crippen molar-refractivity contribution in [2.24, 2.45) is 0 Å². The molecule has 0 N–H and O–H groups in total. The fourth-order valence-electron chi connectivity index (χ4n) is 2.06. The highest BCUT2D eigenvalue weighted by Crippen LogP contribution is 2.49. The SMILES string of the molecule is CSc1ccsc1-c1cc(SC)c(-c2sccc2SC)s1. The molecule has 0 atom stereocenters. The predicted octanol–water partition coefficient (Wildman–Crippen LogP) is 7.37. The van der Waals surface area contributed by atoms with Crippen LogP contribution in [0.3, 0.4) is 0 Å². The lowest BCUT2D eigenvalue weighted by atomic mass is 10.3. The summed E-state index contributed by atoms with van der Waals surface area (Å²) in [7, 11) is 0. The number of thioether (sulfide) groups is 3. The molecule has 0 spiro atoms. The van der Waals surface area contributed by atoms with Gasteiger partial charge in [-0.05, 0) is 47.7 Å². The maximum absolute atomic E-state index is 2.36. The Morgan fingerprint density at radius 1 is 0.714 bits per heavy atom. The highest BCUT2D eigenvalue weighted by Gasteiger charge is 2.17. The van der Waals surface area contributed by atoms with Gasteiger partial charge in [0.15, 0.2) is 0 Å². The Hall–Kier alpha value is 0.150. The number of hydrogen-bond acceptors (Lipinski definition) is 6. The van der Waals surface area contributed by atoms with Crippen LogP contribution >= 0.6 is 69.3 Å². The molecule has 0 aliphatic rings. The van der Waals surface area contributed by atoms with E-state index >= 15 is 0 Å². The van der Waals surface area contributed by atoms with Crippen molar-refractivity contribution in [1.29, 1.82) is 0 Å². The van der Waals surface area contributed by atoms with E-state index in [1.165, 1.54) is 34.2 Å². The van der Waals surface area contributed by atoms with Gasteiger partial charge in [0.05, 0.1) is 14.6 Å². The summed E-state index contributed by atoms with van der Waals surface area (Å²) >= 11 is 11.1. The van der Waals surface area contributed by atoms with E-state index in [4.69, 9.17) is 0 Å². The standard InChI is InChI=1S/C15H14S6/c1-16-9-4-6-19-13(9)12-8-11(18-3)15(21-12)14-10(17-2)5-7-20-14/h4-8H,1-3H3. The third-order valence-electron chi connectivity index (χ3n) is 3.05. The van der Waals surface area contributed by atoms with Crippen LogP contribution in [0.2, 0.25) is 0 Å². The van der Waals surface area contributed by atoms with Gasteiger partial charge in [-0.25, -0.2) is 0 Å². The normalized spacial score (nSPS) is 11.2. The largest absolute Gasteiger partial charge is 0.142 e. The summed E-state index contributed by atoms with van der Waals surface area (Å²) in [4.78, 5) is 9.83. The first kappa shape index (κ1) is 16.0. The minimum Gasteiger partial charge on any atom is -0.142 e. The quantitative estimate of drug-likeness (QED) is 0.420. The molecule has 0 unspecified atom stereocenters. The Morgan fingerprint density at radius 2 is 1.29 bits per heavy atom. The van der Waals surface area contributed by atoms with Crippen LogP contribution in [-0.2, 0) is 0 Å². The molecule has 0 saturated carbocycles. The molecular weight excluding hydrogens is 373 g/mol. The van der Waals surface area contributed by atoms with Crippen molar-refractivity contribution in [3.63, 3.8) is 0 Å². The summed E-state index contributed by atoms with van der Waals surface area (Å²) in [6, 6.07) is 6.81. The van der Waals surface area contributed by atoms with Crippen LogP contribution < -0.4 is 0 Å². The molecule has 0 aliphatic carbocycles. The second kappa shape index (κ2) is 7.15. The Balaban J connectivity index is 2.11. The first-order valence-electron chi connectivity index (χ1n) is 6.20. The smallest absolute Gasteiger partial charge is 0.0596 e. The summed E-state index contributed by atoms with van der Waals surface area (Å²) < 4.78 is 0. The van der Waals surface area contributed by atoms with E-state index in [9.17, 15) is 0 Å². The van der Waals surface area contributed by atoms with Crippen molar-refractivity contribution in [2.45, 2.75) is 14.7 Å². The Bertz CT molecular complexity index is 733. The molecule has 0 aliphatic heterocycles. The molecular formula is C15H14S6. The molecule has 6 heteroatoms. The molecule has 0 fully saturated rings. The summed E-state index contributed by atoms with van der Waals surface area (Å²) in [6.45, 7) is 0. The summed E-state index contributed by atoms with van der Waals surface area (Å²) in [5.41, 5.74) is 0. The van der Waals surface area contributed by atoms with E-state index < -0.39 is 0 Å². The molecule has 0 radical (unpaired) electrons. The first-order chi connectivity index (χ1) is 10.3. The molecule has 0 amide bonds. The Labute approximate surface area is 150 Å². The van der Waals surface area contributed by atoms with Gasteiger partial charge in [-0.2, -0.15) is 0 Å². The third-order valence-corrected chi connectivity index (χ3v) is 9.06. The maximum atomic E-state index is 2.36. The van der Waals surface area contributed by atoms with Crippen molar-refractivity contribution < 1.29 is 0 Å². The van der Waals surface area contributed by atoms with E-state index in [2.05, 4.69) is 47.7 Å². The highest BCUT2D eigenvalue weighted by atomic mass is 32.2. The zero-order valence-corrected chi connectivity index (χ0v) is 16.7. The lowest BCUT2D eigenvalue weighted by molar-refractivity contribution is 1.52. The van der Waals surface area contributed by atoms with Gasteiger partial charge in [-0.3, -0.25) is 0 Å². The fraction of sp³-hybridized carbons (Fsp3) is 0.200. The van der Waals surface area contributed by atoms with Crippen molar-refractivity contribution >= 4 is 69.3 Å². The van der Waals surface area contributed by atoms with Crippen molar-refractivity contribution in [3.8, 4) is 19.5 Å². The van der Waals surface area contributed by atoms with Gasteiger partial charge in [0.1, 0.15) is 0 Å². The molecule has 3 aromatic heterocycles. The maximum Gasteiger partial charge on any atom is 0.0596 e. The van der Waals surface area contributed by atoms with E-state index in [0.29, 0.717) is 0 Å². The molecule has 3 aromatic rings. The van der Waals surface area contributed by atoms with Crippen molar-refractivity contribution in [1.82, 2.24) is 0 Å². The van der Waals surface area contributed by atoms with E-state index in [1.54, 1.807) is 0 Å². The second-order valence-corrected chi connectivity index (χ2v) is 9.57. The molecule has 3 heterocycles. The topological polar surface area (TPSA) is 0 Å². The highest BCUT2D eigenvalue weighted by molar-refractivity contribution is 7.99. The summed E-state index contributed by atoms with van der Waals surface area (Å²) in [5, 5.41) is 4.39. The minimum atomic E-state index is 1.39. The van der Waals surface area contributed by atoms with Crippen molar-refractivity contribution in [2.75, 3.05) is 18.8 Å². The monoisotopic (exact) mass is 386 g/mol. The van der Waals surface area contributed by atoms with Crippen LogP contribution in [0.1, 0.15) is 0 Å². The van der Waals surface area contributed by atoms with Crippen LogP contribution in [0.15, 0.2) is 43.6 Å². The van der Waals surface area contributed by atoms with Gasteiger partial charge in [0, 0.05) is 19.6 Å². The third kappa shape index (κ3) is 3.12. The zero-order chi connectivity index (χ0) is 14.8. The molecule has 110 valence electrons. The number of rotatable bonds is 5. The first-order valence-corrected chi connectivity index (χ1v) is 12.4. The Kier molecular flexibility index (Phi) is 5.45. The van der Waals surface area contributed by atoms with Crippen molar-refractivity contribution in [3.05, 3.63) is 29.0 Å². The lowest BCUT2D eigenvalue weighted by Crippen LogP contribution is -1.71. The predicted molar refractivity (Wildman–Crippen MR) is 106 cm³/mol. The van der Waals surface area contributed by atoms with E-state index in [1.807, 2.05) is 69.3 Å². The van der Waals surface area contributed by atoms with E-state index in [0.717, 1.165) is 0 Å². The van der Waals surface area contributed by atoms with Crippen LogP contribution in [0.5, 0.6) is 0 Å². The zero-order valence-electron chi connectivity index (χ0n) is 11.8. The van der Waals surface area contributed by atoms with Gasteiger partial charge >= 0.3 is 0 Å². The average molecular weight is 387 g/mol. The fourth-order valence-corrected chi connectivity index (χ4v) is 8.12. The summed E-state index contributed by atoms with van der Waals surface area (Å²) in [6.07, 6.45) is 6.48. The number of thiophene rings is 3. The second-order valence-electron chi connectivity index (χ2n) is 4.14. The minimum absolute atomic E-state index is 1.39. The van der Waals surface area contributed by atoms with Crippen LogP contribution in [0, 0.1) is 0 Å². The van der Waals surface area contributed by atoms with Gasteiger partial charge < -0.3 is 0 Å². The molecule has 0 bridgehead atoms. The van der Waals surface area contributed by atoms with Gasteiger partial charge in [0.2, 0.25) is 0 Å².